The fourth-order valence-electron chi connectivity index (χ4n) is 4.74. The Kier molecular flexibility index (Phi) is 3.69. The van der Waals surface area contributed by atoms with Crippen molar-refractivity contribution in [3.8, 4) is 0 Å². The molecular weight excluding hydrogens is 288 g/mol. The summed E-state index contributed by atoms with van der Waals surface area (Å²) in [7, 11) is 0. The molecule has 0 spiro atoms. The monoisotopic (exact) mass is 316 g/mol. The smallest absolute Gasteiger partial charge is 0.226 e. The van der Waals surface area contributed by atoms with Crippen molar-refractivity contribution in [3.05, 3.63) is 11.6 Å². The number of likely N-dealkylation sites (tertiary alicyclic amines) is 1. The molecule has 23 heavy (non-hydrogen) atoms. The normalized spacial score (nSPS) is 27.4. The second-order valence-corrected chi connectivity index (χ2v) is 8.40. The lowest BCUT2D eigenvalue weighted by atomic mass is 9.64. The zero-order chi connectivity index (χ0) is 16.0. The van der Waals surface area contributed by atoms with Crippen LogP contribution in [0.4, 0.5) is 0 Å². The third kappa shape index (κ3) is 2.68. The highest BCUT2D eigenvalue weighted by atomic mass is 16.2. The van der Waals surface area contributed by atoms with Crippen LogP contribution >= 0.6 is 0 Å². The van der Waals surface area contributed by atoms with Gasteiger partial charge < -0.3 is 9.47 Å². The molecule has 1 unspecified atom stereocenters. The molecule has 2 fully saturated rings. The Morgan fingerprint density at radius 2 is 1.91 bits per heavy atom. The molecule has 1 amide bonds. The van der Waals surface area contributed by atoms with Gasteiger partial charge in [0.1, 0.15) is 5.82 Å². The Morgan fingerprint density at radius 3 is 2.70 bits per heavy atom. The summed E-state index contributed by atoms with van der Waals surface area (Å²) >= 11 is 0. The van der Waals surface area contributed by atoms with E-state index < -0.39 is 0 Å². The number of fused-ring (bicyclic) bond motifs is 1. The summed E-state index contributed by atoms with van der Waals surface area (Å²) in [5, 5.41) is 8.94. The van der Waals surface area contributed by atoms with Gasteiger partial charge in [-0.05, 0) is 43.9 Å². The number of aromatic nitrogens is 3. The molecule has 126 valence electrons. The minimum atomic E-state index is 0.158. The van der Waals surface area contributed by atoms with Crippen LogP contribution in [-0.4, -0.2) is 32.1 Å². The number of amides is 1. The third-order valence-electron chi connectivity index (χ3n) is 5.92. The highest BCUT2D eigenvalue weighted by Gasteiger charge is 2.45. The second-order valence-electron chi connectivity index (χ2n) is 8.40. The van der Waals surface area contributed by atoms with Crippen molar-refractivity contribution in [2.45, 2.75) is 77.8 Å². The van der Waals surface area contributed by atoms with E-state index in [1.165, 1.54) is 19.3 Å². The summed E-state index contributed by atoms with van der Waals surface area (Å²) in [6, 6.07) is 0.158. The van der Waals surface area contributed by atoms with Crippen LogP contribution in [0.5, 0.6) is 0 Å². The zero-order valence-corrected chi connectivity index (χ0v) is 14.4. The van der Waals surface area contributed by atoms with E-state index in [4.69, 9.17) is 0 Å². The lowest BCUT2D eigenvalue weighted by Crippen LogP contribution is -2.45. The summed E-state index contributed by atoms with van der Waals surface area (Å²) in [5.74, 6) is 2.77. The number of rotatable bonds is 2. The Balaban J connectivity index is 1.54. The van der Waals surface area contributed by atoms with Crippen molar-refractivity contribution in [1.29, 1.82) is 0 Å². The van der Waals surface area contributed by atoms with E-state index >= 15 is 0 Å². The van der Waals surface area contributed by atoms with Crippen molar-refractivity contribution < 1.29 is 4.79 Å². The van der Waals surface area contributed by atoms with Gasteiger partial charge in [0.05, 0.1) is 6.04 Å². The molecule has 4 rings (SSSR count). The molecule has 5 nitrogen and oxygen atoms in total. The Labute approximate surface area is 138 Å². The largest absolute Gasteiger partial charge is 0.332 e. The fraction of sp³-hybridized carbons (Fsp3) is 0.833. The third-order valence-corrected chi connectivity index (χ3v) is 5.92. The molecule has 3 aliphatic rings. The summed E-state index contributed by atoms with van der Waals surface area (Å²) < 4.78 is 2.31. The molecule has 0 N–H and O–H groups in total. The Morgan fingerprint density at radius 1 is 1.09 bits per heavy atom. The van der Waals surface area contributed by atoms with Crippen LogP contribution in [0.15, 0.2) is 0 Å². The van der Waals surface area contributed by atoms with Crippen molar-refractivity contribution >= 4 is 5.91 Å². The van der Waals surface area contributed by atoms with Gasteiger partial charge in [0.15, 0.2) is 5.82 Å². The van der Waals surface area contributed by atoms with Gasteiger partial charge in [-0.3, -0.25) is 4.79 Å². The molecule has 1 aromatic heterocycles. The molecule has 1 aromatic rings. The Bertz CT molecular complexity index is 598. The number of hydrogen-bond acceptors (Lipinski definition) is 3. The molecule has 2 aliphatic heterocycles. The maximum atomic E-state index is 12.9. The van der Waals surface area contributed by atoms with Crippen LogP contribution < -0.4 is 0 Å². The molecular formula is C18H28N4O. The summed E-state index contributed by atoms with van der Waals surface area (Å²) in [4.78, 5) is 15.0. The maximum Gasteiger partial charge on any atom is 0.226 e. The van der Waals surface area contributed by atoms with Gasteiger partial charge in [0, 0.05) is 25.4 Å². The highest BCUT2D eigenvalue weighted by Crippen LogP contribution is 2.47. The average Bonchev–Trinajstić information content (AvgIpc) is 3.05. The predicted octanol–water partition coefficient (Wildman–Crippen LogP) is 3.10. The van der Waals surface area contributed by atoms with Gasteiger partial charge in [-0.1, -0.05) is 20.3 Å². The van der Waals surface area contributed by atoms with E-state index in [2.05, 4.69) is 33.5 Å². The maximum absolute atomic E-state index is 12.9. The van der Waals surface area contributed by atoms with Crippen LogP contribution in [0.25, 0.3) is 0 Å². The summed E-state index contributed by atoms with van der Waals surface area (Å²) in [6.45, 7) is 6.43. The summed E-state index contributed by atoms with van der Waals surface area (Å²) in [6.07, 6.45) is 8.92. The van der Waals surface area contributed by atoms with Crippen molar-refractivity contribution in [2.24, 2.45) is 11.3 Å². The van der Waals surface area contributed by atoms with E-state index in [0.717, 1.165) is 56.8 Å². The van der Waals surface area contributed by atoms with Gasteiger partial charge in [0.2, 0.25) is 5.91 Å². The van der Waals surface area contributed by atoms with Crippen LogP contribution in [0.3, 0.4) is 0 Å². The first kappa shape index (κ1) is 15.2. The number of aryl methyl sites for hydroxylation is 1. The van der Waals surface area contributed by atoms with Gasteiger partial charge in [-0.15, -0.1) is 10.2 Å². The van der Waals surface area contributed by atoms with Crippen molar-refractivity contribution in [3.63, 3.8) is 0 Å². The number of carbonyl (C=O) groups is 1. The van der Waals surface area contributed by atoms with Gasteiger partial charge in [-0.25, -0.2) is 0 Å². The zero-order valence-electron chi connectivity index (χ0n) is 14.4. The predicted molar refractivity (Wildman–Crippen MR) is 87.8 cm³/mol. The van der Waals surface area contributed by atoms with Gasteiger partial charge in [0.25, 0.3) is 0 Å². The lowest BCUT2D eigenvalue weighted by Gasteiger charge is -2.43. The van der Waals surface area contributed by atoms with Crippen LogP contribution in [0.1, 0.15) is 76.5 Å². The van der Waals surface area contributed by atoms with Crippen LogP contribution in [0.2, 0.25) is 0 Å². The molecule has 5 heteroatoms. The average molecular weight is 316 g/mol. The SMILES string of the molecule is CC1(C)CC(C(=O)N2CCCC2c2nnc3n2CCCCC3)C1. The molecule has 1 saturated carbocycles. The van der Waals surface area contributed by atoms with Crippen molar-refractivity contribution in [1.82, 2.24) is 19.7 Å². The minimum absolute atomic E-state index is 0.158. The quantitative estimate of drug-likeness (QED) is 0.842. The molecule has 0 radical (unpaired) electrons. The number of nitrogens with zero attached hydrogens (tertiary/aromatic N) is 4. The highest BCUT2D eigenvalue weighted by molar-refractivity contribution is 5.80. The first-order valence-electron chi connectivity index (χ1n) is 9.28. The van der Waals surface area contributed by atoms with Crippen LogP contribution in [-0.2, 0) is 17.8 Å². The Hall–Kier alpha value is -1.39. The molecule has 1 atom stereocenters. The first-order valence-corrected chi connectivity index (χ1v) is 9.28. The van der Waals surface area contributed by atoms with Crippen molar-refractivity contribution in [2.75, 3.05) is 6.54 Å². The second kappa shape index (κ2) is 5.60. The minimum Gasteiger partial charge on any atom is -0.332 e. The van der Waals surface area contributed by atoms with E-state index in [-0.39, 0.29) is 12.0 Å². The first-order chi connectivity index (χ1) is 11.1. The lowest BCUT2D eigenvalue weighted by molar-refractivity contribution is -0.143. The molecule has 0 bridgehead atoms. The van der Waals surface area contributed by atoms with Gasteiger partial charge >= 0.3 is 0 Å². The standard InChI is InChI=1S/C18H28N4O/c1-18(2)11-13(12-18)17(23)21-10-6-7-14(21)16-20-19-15-8-4-3-5-9-22(15)16/h13-14H,3-12H2,1-2H3. The number of hydrogen-bond donors (Lipinski definition) is 0. The van der Waals surface area contributed by atoms with Crippen LogP contribution in [0, 0.1) is 11.3 Å². The van der Waals surface area contributed by atoms with E-state index in [9.17, 15) is 4.79 Å². The molecule has 0 aromatic carbocycles. The fourth-order valence-corrected chi connectivity index (χ4v) is 4.74. The molecule has 3 heterocycles. The van der Waals surface area contributed by atoms with E-state index in [1.807, 2.05) is 0 Å². The molecule has 1 saturated heterocycles. The van der Waals surface area contributed by atoms with E-state index in [1.54, 1.807) is 0 Å². The number of carbonyl (C=O) groups excluding carboxylic acids is 1. The topological polar surface area (TPSA) is 51.0 Å². The van der Waals surface area contributed by atoms with E-state index in [0.29, 0.717) is 11.3 Å². The summed E-state index contributed by atoms with van der Waals surface area (Å²) in [5.41, 5.74) is 0.349. The van der Waals surface area contributed by atoms with Gasteiger partial charge in [-0.2, -0.15) is 0 Å². The molecule has 1 aliphatic carbocycles.